The molecule has 2 aromatic carbocycles. The molecule has 1 atom stereocenters. The molecule has 4 rings (SSSR count). The zero-order chi connectivity index (χ0) is 22.7. The van der Waals surface area contributed by atoms with Gasteiger partial charge in [0.15, 0.2) is 11.6 Å². The Morgan fingerprint density at radius 1 is 1.16 bits per heavy atom. The van der Waals surface area contributed by atoms with Crippen LogP contribution in [0.3, 0.4) is 0 Å². The molecule has 0 aliphatic carbocycles. The van der Waals surface area contributed by atoms with Gasteiger partial charge in [-0.25, -0.2) is 9.37 Å². The maximum atomic E-state index is 14.2. The summed E-state index contributed by atoms with van der Waals surface area (Å²) in [7, 11) is 1.34. The van der Waals surface area contributed by atoms with Crippen LogP contribution in [0, 0.1) is 5.82 Å². The highest BCUT2D eigenvalue weighted by molar-refractivity contribution is 6.46. The normalized spacial score (nSPS) is 17.7. The highest BCUT2D eigenvalue weighted by Gasteiger charge is 2.45. The van der Waals surface area contributed by atoms with E-state index in [-0.39, 0.29) is 16.9 Å². The Balaban J connectivity index is 1.72. The van der Waals surface area contributed by atoms with E-state index in [1.165, 1.54) is 24.1 Å². The lowest BCUT2D eigenvalue weighted by atomic mass is 9.95. The molecular formula is C24H22FN3O4. The Kier molecular flexibility index (Phi) is 6.02. The van der Waals surface area contributed by atoms with E-state index in [9.17, 15) is 19.1 Å². The van der Waals surface area contributed by atoms with Gasteiger partial charge in [0, 0.05) is 31.0 Å². The van der Waals surface area contributed by atoms with Crippen molar-refractivity contribution in [3.63, 3.8) is 0 Å². The monoisotopic (exact) mass is 435 g/mol. The number of nitrogens with zero attached hydrogens (tertiary/aromatic N) is 3. The van der Waals surface area contributed by atoms with Gasteiger partial charge in [-0.1, -0.05) is 30.3 Å². The summed E-state index contributed by atoms with van der Waals surface area (Å²) >= 11 is 0. The van der Waals surface area contributed by atoms with E-state index >= 15 is 0 Å². The average molecular weight is 435 g/mol. The lowest BCUT2D eigenvalue weighted by Crippen LogP contribution is -2.31. The number of aliphatic hydroxyl groups excluding tert-OH is 1. The summed E-state index contributed by atoms with van der Waals surface area (Å²) < 4.78 is 21.0. The van der Waals surface area contributed by atoms with Crippen molar-refractivity contribution in [1.82, 2.24) is 14.5 Å². The van der Waals surface area contributed by atoms with Crippen molar-refractivity contribution < 1.29 is 23.8 Å². The van der Waals surface area contributed by atoms with Crippen molar-refractivity contribution in [1.29, 1.82) is 0 Å². The molecule has 0 spiro atoms. The van der Waals surface area contributed by atoms with Gasteiger partial charge in [0.2, 0.25) is 0 Å². The van der Waals surface area contributed by atoms with Crippen molar-refractivity contribution in [3.8, 4) is 5.75 Å². The molecule has 7 nitrogen and oxygen atoms in total. The number of imidazole rings is 1. The summed E-state index contributed by atoms with van der Waals surface area (Å²) in [6, 6.07) is 12.1. The van der Waals surface area contributed by atoms with Crippen LogP contribution < -0.4 is 4.74 Å². The van der Waals surface area contributed by atoms with E-state index in [1.807, 2.05) is 16.8 Å². The number of carbonyl (C=O) groups excluding carboxylic acids is 2. The molecule has 1 aliphatic heterocycles. The van der Waals surface area contributed by atoms with Gasteiger partial charge in [-0.2, -0.15) is 0 Å². The molecule has 1 saturated heterocycles. The SMILES string of the molecule is COc1ccc(/C(O)=C2\C(=O)C(=O)N(CCCn3ccnc3)C2c2ccccc2)cc1F. The van der Waals surface area contributed by atoms with Crippen molar-refractivity contribution in [2.24, 2.45) is 0 Å². The first-order chi connectivity index (χ1) is 15.5. The second kappa shape index (κ2) is 9.05. The van der Waals surface area contributed by atoms with Gasteiger partial charge in [-0.15, -0.1) is 0 Å². The Morgan fingerprint density at radius 3 is 2.59 bits per heavy atom. The number of carbonyl (C=O) groups is 2. The zero-order valence-corrected chi connectivity index (χ0v) is 17.4. The lowest BCUT2D eigenvalue weighted by Gasteiger charge is -2.25. The first-order valence-electron chi connectivity index (χ1n) is 10.1. The van der Waals surface area contributed by atoms with Crippen LogP contribution in [0.1, 0.15) is 23.6 Å². The largest absolute Gasteiger partial charge is 0.507 e. The molecule has 8 heteroatoms. The van der Waals surface area contributed by atoms with Gasteiger partial charge in [-0.05, 0) is 30.2 Å². The number of aromatic nitrogens is 2. The fourth-order valence-electron chi connectivity index (χ4n) is 3.90. The number of hydrogen-bond donors (Lipinski definition) is 1. The summed E-state index contributed by atoms with van der Waals surface area (Å²) in [5.74, 6) is -2.57. The van der Waals surface area contributed by atoms with E-state index in [4.69, 9.17) is 4.74 Å². The molecule has 0 bridgehead atoms. The van der Waals surface area contributed by atoms with Gasteiger partial charge < -0.3 is 19.3 Å². The number of Topliss-reactive ketones (excluding diaryl/α,β-unsaturated/α-hetero) is 1. The van der Waals surface area contributed by atoms with Crippen LogP contribution in [0.5, 0.6) is 5.75 Å². The molecule has 0 radical (unpaired) electrons. The molecule has 2 heterocycles. The van der Waals surface area contributed by atoms with Crippen molar-refractivity contribution in [2.75, 3.05) is 13.7 Å². The Morgan fingerprint density at radius 2 is 1.94 bits per heavy atom. The Labute approximate surface area is 184 Å². The molecule has 0 saturated carbocycles. The van der Waals surface area contributed by atoms with E-state index in [0.29, 0.717) is 25.1 Å². The van der Waals surface area contributed by atoms with E-state index in [2.05, 4.69) is 4.98 Å². The standard InChI is InChI=1S/C24H22FN3O4/c1-32-19-9-8-17(14-18(19)25)22(29)20-21(16-6-3-2-4-7-16)28(24(31)23(20)30)12-5-11-27-13-10-26-15-27/h2-4,6-10,13-15,21,29H,5,11-12H2,1H3/b22-20+. The second-order valence-electron chi connectivity index (χ2n) is 7.41. The van der Waals surface area contributed by atoms with E-state index in [0.717, 1.165) is 6.07 Å². The van der Waals surface area contributed by atoms with Crippen LogP contribution in [0.2, 0.25) is 0 Å². The lowest BCUT2D eigenvalue weighted by molar-refractivity contribution is -0.139. The third-order valence-electron chi connectivity index (χ3n) is 5.46. The molecule has 1 fully saturated rings. The molecule has 1 N–H and O–H groups in total. The highest BCUT2D eigenvalue weighted by Crippen LogP contribution is 2.39. The third kappa shape index (κ3) is 3.99. The molecule has 164 valence electrons. The third-order valence-corrected chi connectivity index (χ3v) is 5.46. The van der Waals surface area contributed by atoms with Gasteiger partial charge in [-0.3, -0.25) is 9.59 Å². The average Bonchev–Trinajstić information content (AvgIpc) is 3.41. The highest BCUT2D eigenvalue weighted by atomic mass is 19.1. The van der Waals surface area contributed by atoms with Crippen LogP contribution >= 0.6 is 0 Å². The first kappa shape index (κ1) is 21.3. The molecule has 1 aliphatic rings. The predicted molar refractivity (Wildman–Crippen MR) is 115 cm³/mol. The van der Waals surface area contributed by atoms with Crippen LogP contribution in [-0.4, -0.2) is 44.9 Å². The zero-order valence-electron chi connectivity index (χ0n) is 17.4. The molecular weight excluding hydrogens is 413 g/mol. The van der Waals surface area contributed by atoms with Crippen LogP contribution in [-0.2, 0) is 16.1 Å². The maximum Gasteiger partial charge on any atom is 0.295 e. The van der Waals surface area contributed by atoms with Gasteiger partial charge in [0.1, 0.15) is 5.76 Å². The van der Waals surface area contributed by atoms with Crippen molar-refractivity contribution in [2.45, 2.75) is 19.0 Å². The molecule has 32 heavy (non-hydrogen) atoms. The van der Waals surface area contributed by atoms with Gasteiger partial charge >= 0.3 is 0 Å². The molecule has 1 unspecified atom stereocenters. The van der Waals surface area contributed by atoms with Crippen LogP contribution in [0.15, 0.2) is 72.8 Å². The quantitative estimate of drug-likeness (QED) is 0.349. The smallest absolute Gasteiger partial charge is 0.295 e. The summed E-state index contributed by atoms with van der Waals surface area (Å²) in [5, 5.41) is 11.0. The number of aryl methyl sites for hydroxylation is 1. The number of amides is 1. The minimum atomic E-state index is -0.796. The van der Waals surface area contributed by atoms with Crippen molar-refractivity contribution in [3.05, 3.63) is 89.8 Å². The number of ether oxygens (including phenoxy) is 1. The summed E-state index contributed by atoms with van der Waals surface area (Å²) in [6.45, 7) is 0.921. The summed E-state index contributed by atoms with van der Waals surface area (Å²) in [5.41, 5.74) is 0.721. The number of benzene rings is 2. The molecule has 3 aromatic rings. The summed E-state index contributed by atoms with van der Waals surface area (Å²) in [6.07, 6.45) is 5.76. The fourth-order valence-corrected chi connectivity index (χ4v) is 3.90. The molecule has 1 amide bonds. The number of halogens is 1. The Hall–Kier alpha value is -3.94. The summed E-state index contributed by atoms with van der Waals surface area (Å²) in [4.78, 5) is 31.3. The number of methoxy groups -OCH3 is 1. The maximum absolute atomic E-state index is 14.2. The minimum absolute atomic E-state index is 0.0149. The number of rotatable bonds is 7. The second-order valence-corrected chi connectivity index (χ2v) is 7.41. The Bertz CT molecular complexity index is 1160. The minimum Gasteiger partial charge on any atom is -0.507 e. The van der Waals surface area contributed by atoms with E-state index in [1.54, 1.807) is 36.8 Å². The number of hydrogen-bond acceptors (Lipinski definition) is 5. The van der Waals surface area contributed by atoms with Crippen LogP contribution in [0.25, 0.3) is 5.76 Å². The predicted octanol–water partition coefficient (Wildman–Crippen LogP) is 3.54. The van der Waals surface area contributed by atoms with Gasteiger partial charge in [0.05, 0.1) is 25.1 Å². The van der Waals surface area contributed by atoms with Crippen LogP contribution in [0.4, 0.5) is 4.39 Å². The first-order valence-corrected chi connectivity index (χ1v) is 10.1. The van der Waals surface area contributed by atoms with Crippen molar-refractivity contribution >= 4 is 17.4 Å². The molecule has 1 aromatic heterocycles. The number of likely N-dealkylation sites (tertiary alicyclic amines) is 1. The fraction of sp³-hybridized carbons (Fsp3) is 0.208. The number of ketones is 1. The van der Waals surface area contributed by atoms with E-state index < -0.39 is 29.3 Å². The topological polar surface area (TPSA) is 84.7 Å². The number of aliphatic hydroxyl groups is 1. The van der Waals surface area contributed by atoms with Gasteiger partial charge in [0.25, 0.3) is 11.7 Å².